The molecule has 0 aliphatic heterocycles. The molecule has 0 amide bonds. The van der Waals surface area contributed by atoms with E-state index >= 15 is 0 Å². The maximum Gasteiger partial charge on any atom is 0.262 e. The van der Waals surface area contributed by atoms with Crippen molar-refractivity contribution in [3.63, 3.8) is 0 Å². The first kappa shape index (κ1) is 74.8. The maximum absolute atomic E-state index is 12.9. The van der Waals surface area contributed by atoms with E-state index in [2.05, 4.69) is 48.5 Å². The number of halogens is 2. The van der Waals surface area contributed by atoms with Gasteiger partial charge in [-0.3, -0.25) is 48.5 Å². The Hall–Kier alpha value is -11.4. The molecular weight excluding hydrogens is 1470 g/mol. The van der Waals surface area contributed by atoms with Crippen LogP contribution in [0.1, 0.15) is 13.3 Å². The number of hydrogen-bond acceptors (Lipinski definition) is 16. The normalized spacial score (nSPS) is 11.5. The molecule has 532 valence electrons. The SMILES string of the molecule is CCCS(=O)(=O)Nc1cccc2cnccc12.COc1cccc(S(=O)(=O)Nc2cccc3cnccc23)c1.O=S(=O)(Nc1cccc2cnccc12)c1ccc(Cl)cc1.O=S(=O)(Nc1cccc2cnccc12)c1cccc(Cl)c1.O=S(=O)(Nc1cccc2cnccc12)c1cccc2ccccc12. The zero-order valence-electron chi connectivity index (χ0n) is 55.7. The van der Waals surface area contributed by atoms with Gasteiger partial charge in [-0.15, -0.1) is 0 Å². The molecular formula is C77H64Cl2N10O11S5. The van der Waals surface area contributed by atoms with Crippen molar-refractivity contribution >= 4 is 166 Å². The van der Waals surface area contributed by atoms with Gasteiger partial charge in [0.15, 0.2) is 0 Å². The molecule has 0 spiro atoms. The van der Waals surface area contributed by atoms with E-state index in [1.54, 1.807) is 189 Å². The van der Waals surface area contributed by atoms with Gasteiger partial charge in [-0.25, -0.2) is 42.1 Å². The highest BCUT2D eigenvalue weighted by molar-refractivity contribution is 7.94. The average Bonchev–Trinajstić information content (AvgIpc) is 0.809. The van der Waals surface area contributed by atoms with Gasteiger partial charge >= 0.3 is 0 Å². The second kappa shape index (κ2) is 33.4. The lowest BCUT2D eigenvalue weighted by Crippen LogP contribution is -2.16. The Kier molecular flexibility index (Phi) is 23.8. The summed E-state index contributed by atoms with van der Waals surface area (Å²) in [5.74, 6) is 0.624. The number of benzene rings is 10. The summed E-state index contributed by atoms with van der Waals surface area (Å²) in [6, 6.07) is 67.2. The van der Waals surface area contributed by atoms with Crippen LogP contribution < -0.4 is 28.3 Å². The van der Waals surface area contributed by atoms with Crippen LogP contribution in [0.25, 0.3) is 64.6 Å². The summed E-state index contributed by atoms with van der Waals surface area (Å²) in [5, 5.41) is 10.9. The zero-order chi connectivity index (χ0) is 74.2. The molecule has 5 N–H and O–H groups in total. The van der Waals surface area contributed by atoms with Gasteiger partial charge in [0.05, 0.1) is 60.9 Å². The molecule has 0 fully saturated rings. The molecule has 105 heavy (non-hydrogen) atoms. The fourth-order valence-corrected chi connectivity index (χ4v) is 17.0. The van der Waals surface area contributed by atoms with Crippen molar-refractivity contribution in [3.05, 3.63) is 309 Å². The lowest BCUT2D eigenvalue weighted by atomic mass is 10.1. The number of aromatic nitrogens is 5. The van der Waals surface area contributed by atoms with Crippen molar-refractivity contribution < 1.29 is 46.8 Å². The molecule has 0 saturated carbocycles. The standard InChI is InChI=1S/C19H14N2O2S.C16H14N2O3S.2C15H11ClN2O2S.C12H14N2O2S/c22-24(23,19-10-4-6-14-5-1-2-8-17(14)19)21-18-9-3-7-15-13-20-12-11-16(15)18;1-21-13-5-3-6-14(10-13)22(19,20)18-16-7-2-4-12-11-17-9-8-15(12)16;16-12-4-2-5-13(9-12)21(19,20)18-15-6-1-3-11-10-17-8-7-14(11)15;16-12-4-6-13(7-5-12)21(19,20)18-15-3-1-2-11-10-17-9-8-14(11)15;1-2-8-17(15,16)14-12-5-3-4-10-9-13-7-6-11(10)12/h1-13,21H;2-11,18H,1H3;2*1-10,18H;3-7,9,14H,2,8H2,1H3. The van der Waals surface area contributed by atoms with Crippen LogP contribution in [0, 0.1) is 0 Å². The number of methoxy groups -OCH3 is 1. The quantitative estimate of drug-likeness (QED) is 0.0566. The van der Waals surface area contributed by atoms with Gasteiger partial charge in [0.2, 0.25) is 10.0 Å². The smallest absolute Gasteiger partial charge is 0.262 e. The number of nitrogens with one attached hydrogen (secondary N) is 5. The van der Waals surface area contributed by atoms with E-state index < -0.39 is 50.1 Å². The molecule has 0 unspecified atom stereocenters. The molecule has 0 bridgehead atoms. The molecule has 15 rings (SSSR count). The first-order valence-corrected chi connectivity index (χ1v) is 40.2. The minimum atomic E-state index is -3.70. The van der Waals surface area contributed by atoms with Crippen LogP contribution in [-0.4, -0.2) is 79.9 Å². The molecule has 21 nitrogen and oxygen atoms in total. The molecule has 5 aromatic heterocycles. The topological polar surface area (TPSA) is 305 Å². The Morgan fingerprint density at radius 3 is 1.07 bits per heavy atom. The summed E-state index contributed by atoms with van der Waals surface area (Å²) < 4.78 is 142. The van der Waals surface area contributed by atoms with Crippen LogP contribution >= 0.6 is 23.2 Å². The van der Waals surface area contributed by atoms with E-state index in [0.717, 1.165) is 59.2 Å². The van der Waals surface area contributed by atoms with Crippen molar-refractivity contribution in [1.82, 2.24) is 24.9 Å². The Morgan fingerprint density at radius 2 is 0.657 bits per heavy atom. The van der Waals surface area contributed by atoms with Crippen molar-refractivity contribution in [1.29, 1.82) is 0 Å². The van der Waals surface area contributed by atoms with E-state index in [1.807, 2.05) is 79.7 Å². The first-order valence-electron chi connectivity index (χ1n) is 31.9. The van der Waals surface area contributed by atoms with E-state index in [-0.39, 0.29) is 25.3 Å². The predicted molar refractivity (Wildman–Crippen MR) is 419 cm³/mol. The van der Waals surface area contributed by atoms with Crippen LogP contribution in [-0.2, 0) is 50.1 Å². The molecule has 5 heterocycles. The van der Waals surface area contributed by atoms with Gasteiger partial charge in [-0.05, 0) is 133 Å². The number of nitrogens with zero attached hydrogens (tertiary/aromatic N) is 5. The highest BCUT2D eigenvalue weighted by Gasteiger charge is 2.21. The largest absolute Gasteiger partial charge is 0.497 e. The van der Waals surface area contributed by atoms with Gasteiger partial charge in [0, 0.05) is 137 Å². The molecule has 0 radical (unpaired) electrons. The number of hydrogen-bond donors (Lipinski definition) is 5. The number of fused-ring (bicyclic) bond motifs is 6. The fraction of sp³-hybridized carbons (Fsp3) is 0.0519. The van der Waals surface area contributed by atoms with Crippen molar-refractivity contribution in [3.8, 4) is 5.75 Å². The summed E-state index contributed by atoms with van der Waals surface area (Å²) in [7, 11) is -16.5. The van der Waals surface area contributed by atoms with Gasteiger partial charge in [0.1, 0.15) is 5.75 Å². The highest BCUT2D eigenvalue weighted by Crippen LogP contribution is 2.32. The minimum Gasteiger partial charge on any atom is -0.497 e. The third-order valence-corrected chi connectivity index (χ3v) is 23.2. The first-order chi connectivity index (χ1) is 50.5. The van der Waals surface area contributed by atoms with E-state index in [9.17, 15) is 42.1 Å². The molecule has 0 aliphatic carbocycles. The van der Waals surface area contributed by atoms with Gasteiger partial charge in [0.25, 0.3) is 40.1 Å². The summed E-state index contributed by atoms with van der Waals surface area (Å²) >= 11 is 11.6. The second-order valence-electron chi connectivity index (χ2n) is 22.9. The van der Waals surface area contributed by atoms with Crippen molar-refractivity contribution in [2.45, 2.75) is 32.9 Å². The average molecular weight is 1540 g/mol. The van der Waals surface area contributed by atoms with E-state index in [1.165, 1.54) is 43.5 Å². The van der Waals surface area contributed by atoms with E-state index in [0.29, 0.717) is 56.0 Å². The van der Waals surface area contributed by atoms with E-state index in [4.69, 9.17) is 27.9 Å². The predicted octanol–water partition coefficient (Wildman–Crippen LogP) is 17.0. The molecule has 0 atom stereocenters. The number of pyridine rings is 5. The maximum atomic E-state index is 12.9. The number of rotatable bonds is 17. The van der Waals surface area contributed by atoms with Crippen molar-refractivity contribution in [2.24, 2.45) is 0 Å². The Bertz CT molecular complexity index is 6230. The summed E-state index contributed by atoms with van der Waals surface area (Å²) in [6.07, 6.45) is 17.3. The third-order valence-electron chi connectivity index (χ3n) is 15.7. The van der Waals surface area contributed by atoms with Gasteiger partial charge in [-0.2, -0.15) is 0 Å². The molecule has 10 aromatic carbocycles. The molecule has 0 aliphatic rings. The van der Waals surface area contributed by atoms with Gasteiger partial charge in [-0.1, -0.05) is 139 Å². The Balaban J connectivity index is 0.000000132. The molecule has 28 heteroatoms. The Morgan fingerprint density at radius 1 is 0.314 bits per heavy atom. The lowest BCUT2D eigenvalue weighted by molar-refractivity contribution is 0.413. The molecule has 0 saturated heterocycles. The summed E-state index contributed by atoms with van der Waals surface area (Å²) in [6.45, 7) is 1.84. The van der Waals surface area contributed by atoms with Crippen LogP contribution in [0.15, 0.2) is 318 Å². The highest BCUT2D eigenvalue weighted by atomic mass is 35.5. The fourth-order valence-electron chi connectivity index (χ4n) is 10.8. The minimum absolute atomic E-state index is 0.126. The summed E-state index contributed by atoms with van der Waals surface area (Å²) in [5.41, 5.74) is 2.70. The van der Waals surface area contributed by atoms with Crippen LogP contribution in [0.4, 0.5) is 28.4 Å². The third kappa shape index (κ3) is 19.1. The van der Waals surface area contributed by atoms with Crippen LogP contribution in [0.2, 0.25) is 10.0 Å². The van der Waals surface area contributed by atoms with Crippen LogP contribution in [0.5, 0.6) is 5.75 Å². The van der Waals surface area contributed by atoms with Crippen molar-refractivity contribution in [2.75, 3.05) is 36.5 Å². The summed E-state index contributed by atoms with van der Waals surface area (Å²) in [4.78, 5) is 20.9. The number of ether oxygens (including phenoxy) is 1. The number of anilines is 5. The molecule has 15 aromatic rings. The van der Waals surface area contributed by atoms with Gasteiger partial charge < -0.3 is 4.74 Å². The number of sulfonamides is 5. The Labute approximate surface area is 617 Å². The zero-order valence-corrected chi connectivity index (χ0v) is 61.3. The van der Waals surface area contributed by atoms with Crippen LogP contribution in [0.3, 0.4) is 0 Å². The lowest BCUT2D eigenvalue weighted by Gasteiger charge is -2.12. The second-order valence-corrected chi connectivity index (χ2v) is 32.3. The monoisotopic (exact) mass is 1530 g/mol.